The molecular weight excluding hydrogens is 240 g/mol. The summed E-state index contributed by atoms with van der Waals surface area (Å²) in [6, 6.07) is 0. The average molecular weight is 252 g/mol. The summed E-state index contributed by atoms with van der Waals surface area (Å²) >= 11 is 0. The summed E-state index contributed by atoms with van der Waals surface area (Å²) in [5.41, 5.74) is 0. The molecule has 0 rings (SSSR count). The SMILES string of the molecule is O=S(=O)(O)CCS(=O)(=O)O.OCCO. The molecule has 14 heavy (non-hydrogen) atoms. The molecule has 88 valence electrons. The number of rotatable bonds is 4. The summed E-state index contributed by atoms with van der Waals surface area (Å²) in [7, 11) is -8.59. The van der Waals surface area contributed by atoms with E-state index in [1.165, 1.54) is 0 Å². The highest BCUT2D eigenvalue weighted by Crippen LogP contribution is 1.86. The average Bonchev–Trinajstić information content (AvgIpc) is 1.99. The van der Waals surface area contributed by atoms with Gasteiger partial charge in [0.2, 0.25) is 0 Å². The summed E-state index contributed by atoms with van der Waals surface area (Å²) in [4.78, 5) is 0. The fourth-order valence-corrected chi connectivity index (χ4v) is 1.90. The van der Waals surface area contributed by atoms with Crippen LogP contribution in [0.25, 0.3) is 0 Å². The maximum atomic E-state index is 9.86. The third kappa shape index (κ3) is 22.6. The van der Waals surface area contributed by atoms with E-state index in [1.807, 2.05) is 0 Å². The smallest absolute Gasteiger partial charge is 0.265 e. The molecule has 0 saturated carbocycles. The Bertz CT molecular complexity index is 279. The van der Waals surface area contributed by atoms with Crippen LogP contribution < -0.4 is 0 Å². The molecule has 10 heteroatoms. The molecular formula is C4H12O8S2. The zero-order valence-electron chi connectivity index (χ0n) is 7.07. The molecule has 0 spiro atoms. The molecule has 0 aromatic heterocycles. The highest BCUT2D eigenvalue weighted by molar-refractivity contribution is 7.89. The summed E-state index contributed by atoms with van der Waals surface area (Å²) in [5.74, 6) is -1.96. The van der Waals surface area contributed by atoms with E-state index < -0.39 is 31.7 Å². The van der Waals surface area contributed by atoms with Gasteiger partial charge in [0.15, 0.2) is 0 Å². The van der Waals surface area contributed by atoms with E-state index in [1.54, 1.807) is 0 Å². The van der Waals surface area contributed by atoms with Crippen molar-refractivity contribution in [3.63, 3.8) is 0 Å². The van der Waals surface area contributed by atoms with E-state index >= 15 is 0 Å². The molecule has 0 fully saturated rings. The summed E-state index contributed by atoms with van der Waals surface area (Å²) in [5, 5.41) is 15.2. The molecule has 0 heterocycles. The van der Waals surface area contributed by atoms with Crippen LogP contribution in [0.1, 0.15) is 0 Å². The Morgan fingerprint density at radius 2 is 0.929 bits per heavy atom. The van der Waals surface area contributed by atoms with Crippen molar-refractivity contribution in [2.24, 2.45) is 0 Å². The normalized spacial score (nSPS) is 11.7. The lowest BCUT2D eigenvalue weighted by Gasteiger charge is -1.92. The van der Waals surface area contributed by atoms with E-state index in [-0.39, 0.29) is 13.2 Å². The van der Waals surface area contributed by atoms with Gasteiger partial charge in [-0.15, -0.1) is 0 Å². The van der Waals surface area contributed by atoms with Crippen molar-refractivity contribution < 1.29 is 36.2 Å². The Kier molecular flexibility index (Phi) is 8.19. The van der Waals surface area contributed by atoms with Crippen LogP contribution in [0.5, 0.6) is 0 Å². The Morgan fingerprint density at radius 1 is 0.714 bits per heavy atom. The van der Waals surface area contributed by atoms with Crippen molar-refractivity contribution in [2.75, 3.05) is 24.7 Å². The minimum Gasteiger partial charge on any atom is -0.394 e. The van der Waals surface area contributed by atoms with Crippen LogP contribution in [-0.2, 0) is 20.2 Å². The van der Waals surface area contributed by atoms with Crippen LogP contribution in [0.15, 0.2) is 0 Å². The minimum absolute atomic E-state index is 0.125. The van der Waals surface area contributed by atoms with E-state index in [2.05, 4.69) is 0 Å². The van der Waals surface area contributed by atoms with E-state index in [0.29, 0.717) is 0 Å². The minimum atomic E-state index is -4.30. The number of aliphatic hydroxyl groups excluding tert-OH is 2. The molecule has 0 aromatic rings. The Labute approximate surface area is 81.7 Å². The fourth-order valence-electron chi connectivity index (χ4n) is 0.211. The van der Waals surface area contributed by atoms with E-state index in [0.717, 1.165) is 0 Å². The van der Waals surface area contributed by atoms with Crippen molar-refractivity contribution in [1.82, 2.24) is 0 Å². The predicted molar refractivity (Wildman–Crippen MR) is 47.0 cm³/mol. The first-order valence-electron chi connectivity index (χ1n) is 3.24. The maximum absolute atomic E-state index is 9.86. The maximum Gasteiger partial charge on any atom is 0.265 e. The van der Waals surface area contributed by atoms with Crippen molar-refractivity contribution in [3.8, 4) is 0 Å². The number of hydrogen-bond acceptors (Lipinski definition) is 6. The van der Waals surface area contributed by atoms with Gasteiger partial charge in [-0.25, -0.2) is 0 Å². The predicted octanol–water partition coefficient (Wildman–Crippen LogP) is -2.27. The fraction of sp³-hybridized carbons (Fsp3) is 1.00. The topological polar surface area (TPSA) is 149 Å². The largest absolute Gasteiger partial charge is 0.394 e. The Morgan fingerprint density at radius 3 is 1.00 bits per heavy atom. The van der Waals surface area contributed by atoms with Crippen molar-refractivity contribution in [2.45, 2.75) is 0 Å². The van der Waals surface area contributed by atoms with Gasteiger partial charge in [0.1, 0.15) is 0 Å². The molecule has 0 unspecified atom stereocenters. The third-order valence-electron chi connectivity index (χ3n) is 0.699. The molecule has 0 saturated heterocycles. The lowest BCUT2D eigenvalue weighted by atomic mass is 10.8. The van der Waals surface area contributed by atoms with Gasteiger partial charge < -0.3 is 10.2 Å². The van der Waals surface area contributed by atoms with Gasteiger partial charge in [0, 0.05) is 0 Å². The number of hydrogen-bond donors (Lipinski definition) is 4. The van der Waals surface area contributed by atoms with Gasteiger partial charge in [-0.2, -0.15) is 16.8 Å². The third-order valence-corrected chi connectivity index (χ3v) is 2.40. The van der Waals surface area contributed by atoms with Crippen LogP contribution in [0.2, 0.25) is 0 Å². The van der Waals surface area contributed by atoms with Crippen LogP contribution in [0, 0.1) is 0 Å². The van der Waals surface area contributed by atoms with Crippen molar-refractivity contribution >= 4 is 20.2 Å². The molecule has 0 aliphatic rings. The second-order valence-corrected chi connectivity index (χ2v) is 5.16. The molecule has 0 aliphatic carbocycles. The molecule has 0 aliphatic heterocycles. The highest BCUT2D eigenvalue weighted by Gasteiger charge is 2.11. The van der Waals surface area contributed by atoms with Gasteiger partial charge >= 0.3 is 0 Å². The van der Waals surface area contributed by atoms with Crippen molar-refractivity contribution in [3.05, 3.63) is 0 Å². The first-order valence-corrected chi connectivity index (χ1v) is 6.46. The molecule has 0 radical (unpaired) electrons. The van der Waals surface area contributed by atoms with Gasteiger partial charge in [-0.05, 0) is 0 Å². The van der Waals surface area contributed by atoms with Crippen molar-refractivity contribution in [1.29, 1.82) is 0 Å². The second-order valence-electron chi connectivity index (χ2n) is 2.02. The number of aliphatic hydroxyl groups is 2. The Hall–Kier alpha value is -0.260. The van der Waals surface area contributed by atoms with E-state index in [4.69, 9.17) is 19.3 Å². The molecule has 0 aromatic carbocycles. The molecule has 0 amide bonds. The molecule has 0 bridgehead atoms. The first kappa shape index (κ1) is 16.2. The highest BCUT2D eigenvalue weighted by atomic mass is 32.2. The van der Waals surface area contributed by atoms with Gasteiger partial charge in [-0.1, -0.05) is 0 Å². The van der Waals surface area contributed by atoms with Crippen LogP contribution in [-0.4, -0.2) is 60.9 Å². The van der Waals surface area contributed by atoms with E-state index in [9.17, 15) is 16.8 Å². The summed E-state index contributed by atoms with van der Waals surface area (Å²) < 4.78 is 55.4. The second kappa shape index (κ2) is 7.09. The van der Waals surface area contributed by atoms with Crippen LogP contribution in [0.4, 0.5) is 0 Å². The lowest BCUT2D eigenvalue weighted by molar-refractivity contribution is 0.186. The molecule has 0 atom stereocenters. The standard InChI is InChI=1S/C2H6O6S2.C2H6O2/c3-9(4,5)1-2-10(6,7)8;3-1-2-4/h1-2H2,(H,3,4,5)(H,6,7,8);3-4H,1-2H2. The zero-order chi connectivity index (χ0) is 11.8. The summed E-state index contributed by atoms with van der Waals surface area (Å²) in [6.45, 7) is -0.250. The zero-order valence-corrected chi connectivity index (χ0v) is 8.70. The molecule has 8 nitrogen and oxygen atoms in total. The molecule has 4 N–H and O–H groups in total. The van der Waals surface area contributed by atoms with Gasteiger partial charge in [0.05, 0.1) is 24.7 Å². The monoisotopic (exact) mass is 252 g/mol. The van der Waals surface area contributed by atoms with Crippen LogP contribution >= 0.6 is 0 Å². The van der Waals surface area contributed by atoms with Gasteiger partial charge in [0.25, 0.3) is 20.2 Å². The quantitative estimate of drug-likeness (QED) is 0.409. The van der Waals surface area contributed by atoms with Crippen LogP contribution in [0.3, 0.4) is 0 Å². The van der Waals surface area contributed by atoms with Gasteiger partial charge in [-0.3, -0.25) is 9.11 Å². The Balaban J connectivity index is 0. The lowest BCUT2D eigenvalue weighted by Crippen LogP contribution is -2.15. The summed E-state index contributed by atoms with van der Waals surface area (Å²) in [6.07, 6.45) is 0. The first-order chi connectivity index (χ1) is 6.12.